The van der Waals surface area contributed by atoms with Gasteiger partial charge in [0.25, 0.3) is 11.5 Å². The number of carbonyl (C=O) groups excluding carboxylic acids is 1. The van der Waals surface area contributed by atoms with E-state index >= 15 is 0 Å². The van der Waals surface area contributed by atoms with Crippen LogP contribution < -0.4 is 21.3 Å². The summed E-state index contributed by atoms with van der Waals surface area (Å²) in [5.74, 6) is 0.654. The van der Waals surface area contributed by atoms with E-state index < -0.39 is 11.6 Å². The average molecular weight is 544 g/mol. The van der Waals surface area contributed by atoms with E-state index in [1.807, 2.05) is 23.1 Å². The molecule has 11 nitrogen and oxygen atoms in total. The van der Waals surface area contributed by atoms with Crippen molar-refractivity contribution in [2.24, 2.45) is 5.73 Å². The third-order valence-corrected chi connectivity index (χ3v) is 7.76. The van der Waals surface area contributed by atoms with Gasteiger partial charge in [0.2, 0.25) is 5.88 Å². The second-order valence-electron chi connectivity index (χ2n) is 10.1. The van der Waals surface area contributed by atoms with Gasteiger partial charge >= 0.3 is 0 Å². The number of nitrogens with one attached hydrogen (secondary N) is 2. The van der Waals surface area contributed by atoms with E-state index in [1.54, 1.807) is 19.3 Å². The number of aromatic nitrogens is 4. The Bertz CT molecular complexity index is 1610. The number of primary amides is 1. The Kier molecular flexibility index (Phi) is 7.51. The number of anilines is 2. The van der Waals surface area contributed by atoms with Crippen molar-refractivity contribution in [3.8, 4) is 17.3 Å². The van der Waals surface area contributed by atoms with E-state index in [1.165, 1.54) is 26.0 Å². The topological polar surface area (TPSA) is 148 Å². The van der Waals surface area contributed by atoms with Crippen LogP contribution in [0.2, 0.25) is 0 Å². The molecule has 1 aromatic carbocycles. The monoisotopic (exact) mass is 543 g/mol. The summed E-state index contributed by atoms with van der Waals surface area (Å²) >= 11 is 0. The summed E-state index contributed by atoms with van der Waals surface area (Å²) < 4.78 is 10.7. The lowest BCUT2D eigenvalue weighted by Gasteiger charge is -2.42. The number of piperidine rings is 1. The maximum atomic E-state index is 12.8. The zero-order valence-corrected chi connectivity index (χ0v) is 23.0. The summed E-state index contributed by atoms with van der Waals surface area (Å²) in [7, 11) is 3.04. The molecule has 1 saturated heterocycles. The Hall–Kier alpha value is -4.35. The zero-order chi connectivity index (χ0) is 28.4. The number of benzene rings is 1. The number of fused-ring (bicyclic) bond motifs is 1. The lowest BCUT2D eigenvalue weighted by molar-refractivity contribution is -0.167. The Labute approximate surface area is 231 Å². The van der Waals surface area contributed by atoms with Crippen LogP contribution in [0.4, 0.5) is 11.5 Å². The zero-order valence-electron chi connectivity index (χ0n) is 23.0. The molecule has 1 aliphatic heterocycles. The van der Waals surface area contributed by atoms with E-state index in [-0.39, 0.29) is 5.56 Å². The minimum Gasteiger partial charge on any atom is -0.480 e. The largest absolute Gasteiger partial charge is 0.480 e. The van der Waals surface area contributed by atoms with Gasteiger partial charge in [-0.05, 0) is 73.4 Å². The lowest BCUT2D eigenvalue weighted by atomic mass is 9.86. The molecule has 0 bridgehead atoms. The number of aryl methyl sites for hydroxylation is 1. The Morgan fingerprint density at radius 3 is 2.58 bits per heavy atom. The van der Waals surface area contributed by atoms with Crippen LogP contribution in [-0.4, -0.2) is 63.8 Å². The molecule has 1 unspecified atom stereocenters. The Morgan fingerprint density at radius 2 is 1.90 bits per heavy atom. The fourth-order valence-corrected chi connectivity index (χ4v) is 5.36. The van der Waals surface area contributed by atoms with Crippen molar-refractivity contribution in [1.29, 1.82) is 0 Å². The minimum absolute atomic E-state index is 0.241. The number of rotatable bonds is 8. The molecular formula is C29H33N7O4. The van der Waals surface area contributed by atoms with Gasteiger partial charge < -0.3 is 25.5 Å². The van der Waals surface area contributed by atoms with E-state index in [2.05, 4.69) is 39.3 Å². The van der Waals surface area contributed by atoms with Crippen molar-refractivity contribution in [2.45, 2.75) is 38.3 Å². The average Bonchev–Trinajstić information content (AvgIpc) is 2.96. The standard InChI is InChI=1S/C29H33N7O4/c1-17-13-20(5-6-21(17)18-8-11-36(12-9-18)29(2,40-4)28(30)38)33-26-25-19(7-10-32-27(25)37)14-22(35-26)23-15-31-16-24(34-23)39-3/h5-7,10,13-16,18H,8-9,11-12H2,1-4H3,(H2,30,38)(H,32,37)(H,33,35). The summed E-state index contributed by atoms with van der Waals surface area (Å²) in [5, 5.41) is 4.53. The highest BCUT2D eigenvalue weighted by Gasteiger charge is 2.40. The number of methoxy groups -OCH3 is 2. The van der Waals surface area contributed by atoms with E-state index in [0.29, 0.717) is 47.5 Å². The first-order valence-corrected chi connectivity index (χ1v) is 13.1. The summed E-state index contributed by atoms with van der Waals surface area (Å²) in [4.78, 5) is 42.9. The number of aromatic amines is 1. The number of carbonyl (C=O) groups is 1. The third kappa shape index (κ3) is 5.13. The first-order chi connectivity index (χ1) is 19.2. The van der Waals surface area contributed by atoms with Gasteiger partial charge in [0.05, 0.1) is 30.6 Å². The number of amides is 1. The van der Waals surface area contributed by atoms with Crippen LogP contribution in [0.3, 0.4) is 0 Å². The number of nitrogens with two attached hydrogens (primary N) is 1. The third-order valence-electron chi connectivity index (χ3n) is 7.76. The van der Waals surface area contributed by atoms with E-state index in [4.69, 9.17) is 20.2 Å². The maximum absolute atomic E-state index is 12.8. The number of hydrogen-bond donors (Lipinski definition) is 3. The van der Waals surface area contributed by atoms with Gasteiger partial charge in [-0.2, -0.15) is 0 Å². The Morgan fingerprint density at radius 1 is 1.12 bits per heavy atom. The molecule has 0 saturated carbocycles. The summed E-state index contributed by atoms with van der Waals surface area (Å²) in [6.07, 6.45) is 6.50. The van der Waals surface area contributed by atoms with Crippen LogP contribution in [0.25, 0.3) is 22.2 Å². The predicted octanol–water partition coefficient (Wildman–Crippen LogP) is 3.47. The predicted molar refractivity (Wildman–Crippen MR) is 153 cm³/mol. The summed E-state index contributed by atoms with van der Waals surface area (Å²) in [5.41, 5.74) is 8.54. The number of hydrogen-bond acceptors (Lipinski definition) is 9. The van der Waals surface area contributed by atoms with E-state index in [9.17, 15) is 9.59 Å². The maximum Gasteiger partial charge on any atom is 0.264 e. The van der Waals surface area contributed by atoms with Gasteiger partial charge in [-0.25, -0.2) is 9.97 Å². The number of pyridine rings is 2. The quantitative estimate of drug-likeness (QED) is 0.304. The smallest absolute Gasteiger partial charge is 0.264 e. The first kappa shape index (κ1) is 27.2. The van der Waals surface area contributed by atoms with Gasteiger partial charge in [0.15, 0.2) is 5.72 Å². The molecule has 1 fully saturated rings. The van der Waals surface area contributed by atoms with E-state index in [0.717, 1.165) is 29.5 Å². The number of likely N-dealkylation sites (tertiary alicyclic amines) is 1. The van der Waals surface area contributed by atoms with Crippen LogP contribution in [0.1, 0.15) is 36.8 Å². The summed E-state index contributed by atoms with van der Waals surface area (Å²) in [6, 6.07) is 9.82. The van der Waals surface area contributed by atoms with Crippen molar-refractivity contribution >= 4 is 28.2 Å². The van der Waals surface area contributed by atoms with Crippen molar-refractivity contribution in [3.63, 3.8) is 0 Å². The molecule has 1 atom stereocenters. The second kappa shape index (κ2) is 11.0. The molecule has 1 aliphatic rings. The van der Waals surface area contributed by atoms with Crippen molar-refractivity contribution in [3.05, 3.63) is 70.4 Å². The number of nitrogens with zero attached hydrogens (tertiary/aromatic N) is 4. The molecule has 4 N–H and O–H groups in total. The molecule has 208 valence electrons. The summed E-state index contributed by atoms with van der Waals surface area (Å²) in [6.45, 7) is 5.21. The van der Waals surface area contributed by atoms with Gasteiger partial charge in [-0.3, -0.25) is 19.5 Å². The number of ether oxygens (including phenoxy) is 2. The molecule has 0 spiro atoms. The number of H-pyrrole nitrogens is 1. The van der Waals surface area contributed by atoms with Crippen LogP contribution in [0.15, 0.2) is 53.7 Å². The molecule has 0 radical (unpaired) electrons. The van der Waals surface area contributed by atoms with Gasteiger partial charge in [-0.15, -0.1) is 0 Å². The van der Waals surface area contributed by atoms with Crippen molar-refractivity contribution in [1.82, 2.24) is 24.8 Å². The molecule has 4 aromatic rings. The molecule has 4 heterocycles. The van der Waals surface area contributed by atoms with Crippen LogP contribution in [0, 0.1) is 6.92 Å². The minimum atomic E-state index is -1.10. The normalized spacial score (nSPS) is 16.0. The van der Waals surface area contributed by atoms with Gasteiger partial charge in [0, 0.05) is 32.1 Å². The molecule has 1 amide bonds. The fourth-order valence-electron chi connectivity index (χ4n) is 5.36. The first-order valence-electron chi connectivity index (χ1n) is 13.1. The molecule has 3 aromatic heterocycles. The van der Waals surface area contributed by atoms with Gasteiger partial charge in [-0.1, -0.05) is 6.07 Å². The molecular weight excluding hydrogens is 510 g/mol. The Balaban J connectivity index is 1.42. The highest BCUT2D eigenvalue weighted by molar-refractivity contribution is 5.95. The van der Waals surface area contributed by atoms with Crippen LogP contribution >= 0.6 is 0 Å². The van der Waals surface area contributed by atoms with Crippen LogP contribution in [0.5, 0.6) is 5.88 Å². The van der Waals surface area contributed by atoms with Crippen molar-refractivity contribution < 1.29 is 14.3 Å². The SMILES string of the molecule is COc1cncc(-c2cc3cc[nH]c(=O)c3c(Nc3ccc(C4CCN(C(C)(OC)C(N)=O)CC4)c(C)c3)n2)n1. The van der Waals surface area contributed by atoms with Crippen molar-refractivity contribution in [2.75, 3.05) is 32.6 Å². The highest BCUT2D eigenvalue weighted by atomic mass is 16.5. The molecule has 11 heteroatoms. The van der Waals surface area contributed by atoms with Gasteiger partial charge in [0.1, 0.15) is 11.5 Å². The molecule has 5 rings (SSSR count). The second-order valence-corrected chi connectivity index (χ2v) is 10.1. The molecule has 40 heavy (non-hydrogen) atoms. The highest BCUT2D eigenvalue weighted by Crippen LogP contribution is 2.35. The lowest BCUT2D eigenvalue weighted by Crippen LogP contribution is -2.58. The van der Waals surface area contributed by atoms with Crippen LogP contribution in [-0.2, 0) is 9.53 Å². The molecule has 0 aliphatic carbocycles. The fraction of sp³-hybridized carbons (Fsp3) is 0.345.